The Balaban J connectivity index is 1.86. The van der Waals surface area contributed by atoms with Gasteiger partial charge in [0.15, 0.2) is 12.1 Å². The van der Waals surface area contributed by atoms with Gasteiger partial charge in [-0.2, -0.15) is 0 Å². The fourth-order valence-electron chi connectivity index (χ4n) is 2.68. The number of halogens is 1. The number of carbonyl (C=O) groups is 1. The van der Waals surface area contributed by atoms with Gasteiger partial charge in [0, 0.05) is 37.3 Å². The molecular weight excluding hydrogens is 290 g/mol. The first-order valence-corrected chi connectivity index (χ1v) is 7.59. The summed E-state index contributed by atoms with van der Waals surface area (Å²) in [5, 5.41) is 0.659. The van der Waals surface area contributed by atoms with E-state index < -0.39 is 0 Å². The third kappa shape index (κ3) is 4.51. The van der Waals surface area contributed by atoms with E-state index in [0.29, 0.717) is 5.02 Å². The molecule has 0 bridgehead atoms. The predicted molar refractivity (Wildman–Crippen MR) is 82.8 cm³/mol. The summed E-state index contributed by atoms with van der Waals surface area (Å²) in [4.78, 5) is 14.7. The molecule has 1 saturated heterocycles. The highest BCUT2D eigenvalue weighted by molar-refractivity contribution is 6.30. The van der Waals surface area contributed by atoms with Crippen LogP contribution in [0.4, 0.5) is 0 Å². The molecule has 4 nitrogen and oxygen atoms in total. The quantitative estimate of drug-likeness (QED) is 0.598. The first kappa shape index (κ1) is 16.4. The minimum absolute atomic E-state index is 0.103. The molecule has 1 heterocycles. The highest BCUT2D eigenvalue weighted by atomic mass is 35.5. The molecule has 5 heteroatoms. The number of carbonyl (C=O) groups excluding carboxylic acids is 1. The lowest BCUT2D eigenvalue weighted by Gasteiger charge is -2.32. The highest BCUT2D eigenvalue weighted by Crippen LogP contribution is 2.23. The van der Waals surface area contributed by atoms with Gasteiger partial charge < -0.3 is 9.47 Å². The van der Waals surface area contributed by atoms with Gasteiger partial charge in [0.25, 0.3) is 0 Å². The zero-order valence-corrected chi connectivity index (χ0v) is 13.3. The van der Waals surface area contributed by atoms with E-state index in [1.807, 2.05) is 12.1 Å². The summed E-state index contributed by atoms with van der Waals surface area (Å²) in [5.74, 6) is 0.326. The topological polar surface area (TPSA) is 38.8 Å². The molecule has 0 saturated carbocycles. The molecule has 2 rings (SSSR count). The van der Waals surface area contributed by atoms with Gasteiger partial charge in [-0.3, -0.25) is 9.69 Å². The standard InChI is InChI=1S/C16H22ClNO3/c1-20-15(21-2)11-18-9-7-13(8-10-18)16(19)12-3-5-14(17)6-4-12/h3-6,13,15H,7-11H2,1-2H3. The van der Waals surface area contributed by atoms with Gasteiger partial charge in [-0.25, -0.2) is 0 Å². The van der Waals surface area contributed by atoms with Gasteiger partial charge in [-0.15, -0.1) is 0 Å². The van der Waals surface area contributed by atoms with Crippen LogP contribution in [-0.4, -0.2) is 50.8 Å². The summed E-state index contributed by atoms with van der Waals surface area (Å²) < 4.78 is 10.4. The molecule has 1 aliphatic rings. The number of piperidine rings is 1. The first-order valence-electron chi connectivity index (χ1n) is 7.21. The van der Waals surface area contributed by atoms with Crippen LogP contribution in [0.25, 0.3) is 0 Å². The van der Waals surface area contributed by atoms with Gasteiger partial charge >= 0.3 is 0 Å². The molecule has 1 aromatic carbocycles. The summed E-state index contributed by atoms with van der Waals surface area (Å²) in [6.07, 6.45) is 1.55. The Hall–Kier alpha value is -0.940. The smallest absolute Gasteiger partial charge is 0.169 e. The molecule has 0 atom stereocenters. The third-order valence-corrected chi connectivity index (χ3v) is 4.27. The summed E-state index contributed by atoms with van der Waals surface area (Å²) in [6.45, 7) is 2.54. The maximum atomic E-state index is 12.4. The van der Waals surface area contributed by atoms with Crippen molar-refractivity contribution in [2.75, 3.05) is 33.9 Å². The van der Waals surface area contributed by atoms with Crippen LogP contribution in [0.1, 0.15) is 23.2 Å². The third-order valence-electron chi connectivity index (χ3n) is 4.02. The molecule has 0 amide bonds. The van der Waals surface area contributed by atoms with E-state index in [-0.39, 0.29) is 18.0 Å². The minimum atomic E-state index is -0.200. The largest absolute Gasteiger partial charge is 0.355 e. The van der Waals surface area contributed by atoms with Crippen molar-refractivity contribution in [2.45, 2.75) is 19.1 Å². The number of nitrogens with zero attached hydrogens (tertiary/aromatic N) is 1. The highest BCUT2D eigenvalue weighted by Gasteiger charge is 2.26. The van der Waals surface area contributed by atoms with E-state index in [9.17, 15) is 4.79 Å². The Labute approximate surface area is 131 Å². The second kappa shape index (κ2) is 7.90. The van der Waals surface area contributed by atoms with E-state index in [4.69, 9.17) is 21.1 Å². The Morgan fingerprint density at radius 1 is 1.24 bits per heavy atom. The molecule has 1 fully saturated rings. The van der Waals surface area contributed by atoms with E-state index in [1.165, 1.54) is 0 Å². The van der Waals surface area contributed by atoms with Crippen LogP contribution in [-0.2, 0) is 9.47 Å². The van der Waals surface area contributed by atoms with Crippen LogP contribution in [0.2, 0.25) is 5.02 Å². The van der Waals surface area contributed by atoms with Crippen molar-refractivity contribution in [3.63, 3.8) is 0 Å². The Morgan fingerprint density at radius 3 is 2.33 bits per heavy atom. The number of hydrogen-bond donors (Lipinski definition) is 0. The lowest BCUT2D eigenvalue weighted by atomic mass is 9.89. The van der Waals surface area contributed by atoms with E-state index in [0.717, 1.165) is 38.0 Å². The van der Waals surface area contributed by atoms with Crippen molar-refractivity contribution in [1.29, 1.82) is 0 Å². The Morgan fingerprint density at radius 2 is 1.81 bits per heavy atom. The predicted octanol–water partition coefficient (Wildman–Crippen LogP) is 2.85. The number of Topliss-reactive ketones (excluding diaryl/α,β-unsaturated/α-hetero) is 1. The number of likely N-dealkylation sites (tertiary alicyclic amines) is 1. The van der Waals surface area contributed by atoms with Gasteiger partial charge in [-0.05, 0) is 50.2 Å². The molecular formula is C16H22ClNO3. The van der Waals surface area contributed by atoms with E-state index in [2.05, 4.69) is 4.90 Å². The lowest BCUT2D eigenvalue weighted by molar-refractivity contribution is -0.118. The van der Waals surface area contributed by atoms with Crippen molar-refractivity contribution < 1.29 is 14.3 Å². The second-order valence-electron chi connectivity index (χ2n) is 5.35. The van der Waals surface area contributed by atoms with E-state index >= 15 is 0 Å². The fraction of sp³-hybridized carbons (Fsp3) is 0.562. The molecule has 0 radical (unpaired) electrons. The maximum absolute atomic E-state index is 12.4. The Bertz CT molecular complexity index is 451. The minimum Gasteiger partial charge on any atom is -0.355 e. The molecule has 0 N–H and O–H groups in total. The molecule has 1 aromatic rings. The van der Waals surface area contributed by atoms with Gasteiger partial charge in [0.2, 0.25) is 0 Å². The molecule has 21 heavy (non-hydrogen) atoms. The zero-order chi connectivity index (χ0) is 15.2. The van der Waals surface area contributed by atoms with Crippen LogP contribution < -0.4 is 0 Å². The average Bonchev–Trinajstić information content (AvgIpc) is 2.53. The SMILES string of the molecule is COC(CN1CCC(C(=O)c2ccc(Cl)cc2)CC1)OC. The number of benzene rings is 1. The zero-order valence-electron chi connectivity index (χ0n) is 12.5. The number of hydrogen-bond acceptors (Lipinski definition) is 4. The van der Waals surface area contributed by atoms with Crippen molar-refractivity contribution in [3.8, 4) is 0 Å². The summed E-state index contributed by atoms with van der Waals surface area (Å²) in [7, 11) is 3.29. The van der Waals surface area contributed by atoms with Gasteiger partial charge in [0.1, 0.15) is 0 Å². The van der Waals surface area contributed by atoms with E-state index in [1.54, 1.807) is 26.4 Å². The fourth-order valence-corrected chi connectivity index (χ4v) is 2.81. The van der Waals surface area contributed by atoms with Crippen LogP contribution in [0.5, 0.6) is 0 Å². The second-order valence-corrected chi connectivity index (χ2v) is 5.78. The molecule has 0 unspecified atom stereocenters. The normalized spacial score (nSPS) is 17.3. The Kier molecular flexibility index (Phi) is 6.18. The van der Waals surface area contributed by atoms with Crippen molar-refractivity contribution in [3.05, 3.63) is 34.9 Å². The van der Waals surface area contributed by atoms with Gasteiger partial charge in [0.05, 0.1) is 0 Å². The monoisotopic (exact) mass is 311 g/mol. The lowest BCUT2D eigenvalue weighted by Crippen LogP contribution is -2.41. The number of rotatable bonds is 6. The van der Waals surface area contributed by atoms with Crippen LogP contribution in [0, 0.1) is 5.92 Å². The van der Waals surface area contributed by atoms with Crippen LogP contribution >= 0.6 is 11.6 Å². The molecule has 116 valence electrons. The van der Waals surface area contributed by atoms with Crippen LogP contribution in [0.15, 0.2) is 24.3 Å². The average molecular weight is 312 g/mol. The first-order chi connectivity index (χ1) is 10.1. The number of ether oxygens (including phenoxy) is 2. The molecule has 0 aliphatic carbocycles. The molecule has 0 aromatic heterocycles. The summed E-state index contributed by atoms with van der Waals surface area (Å²) in [5.41, 5.74) is 0.754. The van der Waals surface area contributed by atoms with Crippen molar-refractivity contribution in [2.24, 2.45) is 5.92 Å². The summed E-state index contributed by atoms with van der Waals surface area (Å²) >= 11 is 5.86. The van der Waals surface area contributed by atoms with Crippen molar-refractivity contribution >= 4 is 17.4 Å². The number of ketones is 1. The van der Waals surface area contributed by atoms with Gasteiger partial charge in [-0.1, -0.05) is 11.6 Å². The van der Waals surface area contributed by atoms with Crippen LogP contribution in [0.3, 0.4) is 0 Å². The van der Waals surface area contributed by atoms with Crippen molar-refractivity contribution in [1.82, 2.24) is 4.90 Å². The molecule has 0 spiro atoms. The molecule has 1 aliphatic heterocycles. The summed E-state index contributed by atoms with van der Waals surface area (Å²) in [6, 6.07) is 7.16. The number of methoxy groups -OCH3 is 2. The maximum Gasteiger partial charge on any atom is 0.169 e.